The van der Waals surface area contributed by atoms with Gasteiger partial charge in [0, 0.05) is 20.2 Å². The van der Waals surface area contributed by atoms with Gasteiger partial charge in [-0.25, -0.2) is 0 Å². The maximum atomic E-state index is 11.4. The average molecular weight is 202 g/mol. The number of ether oxygens (including phenoxy) is 1. The molecule has 4 heteroatoms. The molecule has 0 aromatic carbocycles. The van der Waals surface area contributed by atoms with Crippen molar-refractivity contribution in [3.8, 4) is 0 Å². The lowest BCUT2D eigenvalue weighted by molar-refractivity contribution is -0.131. The van der Waals surface area contributed by atoms with Crippen molar-refractivity contribution in [1.82, 2.24) is 10.2 Å². The number of hydrogen-bond donors (Lipinski definition) is 1. The maximum Gasteiger partial charge on any atom is 0.224 e. The molecule has 84 valence electrons. The summed E-state index contributed by atoms with van der Waals surface area (Å²) >= 11 is 0. The fourth-order valence-corrected chi connectivity index (χ4v) is 1.11. The largest absolute Gasteiger partial charge is 0.381 e. The molecule has 0 atom stereocenters. The van der Waals surface area contributed by atoms with Crippen LogP contribution in [0.3, 0.4) is 0 Å². The highest BCUT2D eigenvalue weighted by atomic mass is 16.5. The van der Waals surface area contributed by atoms with Gasteiger partial charge in [0.05, 0.1) is 13.0 Å². The summed E-state index contributed by atoms with van der Waals surface area (Å²) in [5.74, 6) is 0.162. The highest BCUT2D eigenvalue weighted by Gasteiger charge is 2.06. The summed E-state index contributed by atoms with van der Waals surface area (Å²) < 4.78 is 5.12. The van der Waals surface area contributed by atoms with Gasteiger partial charge in [0.1, 0.15) is 0 Å². The first-order valence-electron chi connectivity index (χ1n) is 5.18. The van der Waals surface area contributed by atoms with Gasteiger partial charge in [-0.3, -0.25) is 4.79 Å². The zero-order chi connectivity index (χ0) is 10.8. The Morgan fingerprint density at radius 3 is 2.79 bits per heavy atom. The Labute approximate surface area is 86.6 Å². The van der Waals surface area contributed by atoms with Crippen LogP contribution in [0.4, 0.5) is 0 Å². The number of carbonyl (C=O) groups is 1. The molecule has 0 heterocycles. The Balaban J connectivity index is 3.44. The molecule has 0 aliphatic heterocycles. The Bertz CT molecular complexity index is 151. The lowest BCUT2D eigenvalue weighted by atomic mass is 10.3. The zero-order valence-corrected chi connectivity index (χ0v) is 9.51. The first kappa shape index (κ1) is 13.4. The molecule has 0 saturated heterocycles. The van der Waals surface area contributed by atoms with E-state index in [1.54, 1.807) is 4.90 Å². The first-order chi connectivity index (χ1) is 6.72. The van der Waals surface area contributed by atoms with E-state index in [1.807, 2.05) is 21.0 Å². The van der Waals surface area contributed by atoms with Gasteiger partial charge in [0.15, 0.2) is 0 Å². The standard InChI is InChI=1S/C10H22N2O2/c1-4-14-9-6-10(13)12(3)8-5-7-11-2/h11H,4-9H2,1-3H3. The number of amides is 1. The summed E-state index contributed by atoms with van der Waals surface area (Å²) in [6, 6.07) is 0. The van der Waals surface area contributed by atoms with Gasteiger partial charge in [0.2, 0.25) is 5.91 Å². The van der Waals surface area contributed by atoms with Crippen LogP contribution < -0.4 is 5.32 Å². The predicted molar refractivity (Wildman–Crippen MR) is 57.3 cm³/mol. The van der Waals surface area contributed by atoms with Crippen molar-refractivity contribution in [3.63, 3.8) is 0 Å². The van der Waals surface area contributed by atoms with Crippen LogP contribution in [0, 0.1) is 0 Å². The summed E-state index contributed by atoms with van der Waals surface area (Å²) in [4.78, 5) is 13.2. The molecule has 1 amide bonds. The Morgan fingerprint density at radius 2 is 2.21 bits per heavy atom. The third-order valence-corrected chi connectivity index (χ3v) is 2.01. The van der Waals surface area contributed by atoms with Crippen LogP contribution in [-0.4, -0.2) is 51.2 Å². The topological polar surface area (TPSA) is 41.6 Å². The quantitative estimate of drug-likeness (QED) is 0.582. The highest BCUT2D eigenvalue weighted by Crippen LogP contribution is 1.93. The third-order valence-electron chi connectivity index (χ3n) is 2.01. The van der Waals surface area contributed by atoms with E-state index in [0.717, 1.165) is 19.5 Å². The van der Waals surface area contributed by atoms with Gasteiger partial charge in [-0.2, -0.15) is 0 Å². The Kier molecular flexibility index (Phi) is 8.57. The molecule has 0 saturated carbocycles. The normalized spacial score (nSPS) is 10.2. The smallest absolute Gasteiger partial charge is 0.224 e. The highest BCUT2D eigenvalue weighted by molar-refractivity contribution is 5.75. The van der Waals surface area contributed by atoms with E-state index >= 15 is 0 Å². The van der Waals surface area contributed by atoms with E-state index in [1.165, 1.54) is 0 Å². The molecule has 0 spiro atoms. The van der Waals surface area contributed by atoms with Crippen LogP contribution in [0.5, 0.6) is 0 Å². The monoisotopic (exact) mass is 202 g/mol. The van der Waals surface area contributed by atoms with Gasteiger partial charge in [-0.05, 0) is 26.9 Å². The lowest BCUT2D eigenvalue weighted by Gasteiger charge is -2.16. The summed E-state index contributed by atoms with van der Waals surface area (Å²) in [6.45, 7) is 4.90. The van der Waals surface area contributed by atoms with Crippen molar-refractivity contribution >= 4 is 5.91 Å². The van der Waals surface area contributed by atoms with Gasteiger partial charge in [-0.1, -0.05) is 0 Å². The lowest BCUT2D eigenvalue weighted by Crippen LogP contribution is -2.30. The van der Waals surface area contributed by atoms with Crippen LogP contribution in [-0.2, 0) is 9.53 Å². The Hall–Kier alpha value is -0.610. The van der Waals surface area contributed by atoms with E-state index in [2.05, 4.69) is 5.32 Å². The van der Waals surface area contributed by atoms with Crippen LogP contribution >= 0.6 is 0 Å². The van der Waals surface area contributed by atoms with Crippen molar-refractivity contribution in [2.24, 2.45) is 0 Å². The molecule has 0 aromatic rings. The van der Waals surface area contributed by atoms with Crippen molar-refractivity contribution in [3.05, 3.63) is 0 Å². The van der Waals surface area contributed by atoms with Crippen LogP contribution in [0.25, 0.3) is 0 Å². The molecule has 14 heavy (non-hydrogen) atoms. The van der Waals surface area contributed by atoms with Crippen LogP contribution in [0.1, 0.15) is 19.8 Å². The van der Waals surface area contributed by atoms with E-state index in [0.29, 0.717) is 19.6 Å². The molecule has 0 aliphatic rings. The Morgan fingerprint density at radius 1 is 1.50 bits per heavy atom. The molecular weight excluding hydrogens is 180 g/mol. The van der Waals surface area contributed by atoms with Gasteiger partial charge in [-0.15, -0.1) is 0 Å². The third kappa shape index (κ3) is 6.86. The second-order valence-corrected chi connectivity index (χ2v) is 3.22. The molecule has 0 bridgehead atoms. The minimum Gasteiger partial charge on any atom is -0.381 e. The second-order valence-electron chi connectivity index (χ2n) is 3.22. The number of carbonyl (C=O) groups excluding carboxylic acids is 1. The molecule has 0 rings (SSSR count). The van der Waals surface area contributed by atoms with Gasteiger partial charge < -0.3 is 15.0 Å². The predicted octanol–water partition coefficient (Wildman–Crippen LogP) is 0.481. The first-order valence-corrected chi connectivity index (χ1v) is 5.18. The summed E-state index contributed by atoms with van der Waals surface area (Å²) in [5.41, 5.74) is 0. The molecule has 0 aliphatic carbocycles. The van der Waals surface area contributed by atoms with Crippen molar-refractivity contribution < 1.29 is 9.53 Å². The van der Waals surface area contributed by atoms with E-state index in [9.17, 15) is 4.79 Å². The number of rotatable bonds is 8. The number of nitrogens with zero attached hydrogens (tertiary/aromatic N) is 1. The summed E-state index contributed by atoms with van der Waals surface area (Å²) in [7, 11) is 3.75. The van der Waals surface area contributed by atoms with Crippen LogP contribution in [0.15, 0.2) is 0 Å². The maximum absolute atomic E-state index is 11.4. The van der Waals surface area contributed by atoms with E-state index < -0.39 is 0 Å². The molecule has 0 radical (unpaired) electrons. The SMILES string of the molecule is CCOCCC(=O)N(C)CCCNC. The summed E-state index contributed by atoms with van der Waals surface area (Å²) in [5, 5.41) is 3.05. The van der Waals surface area contributed by atoms with E-state index in [4.69, 9.17) is 4.74 Å². The summed E-state index contributed by atoms with van der Waals surface area (Å²) in [6.07, 6.45) is 1.48. The molecular formula is C10H22N2O2. The van der Waals surface area contributed by atoms with Crippen molar-refractivity contribution in [2.75, 3.05) is 40.4 Å². The van der Waals surface area contributed by atoms with E-state index in [-0.39, 0.29) is 5.91 Å². The number of hydrogen-bond acceptors (Lipinski definition) is 3. The molecule has 1 N–H and O–H groups in total. The van der Waals surface area contributed by atoms with Gasteiger partial charge in [0.25, 0.3) is 0 Å². The second kappa shape index (κ2) is 8.97. The zero-order valence-electron chi connectivity index (χ0n) is 9.51. The van der Waals surface area contributed by atoms with Crippen molar-refractivity contribution in [1.29, 1.82) is 0 Å². The minimum absolute atomic E-state index is 0.162. The fourth-order valence-electron chi connectivity index (χ4n) is 1.11. The molecule has 0 unspecified atom stereocenters. The minimum atomic E-state index is 0.162. The molecule has 0 fully saturated rings. The fraction of sp³-hybridized carbons (Fsp3) is 0.900. The molecule has 0 aromatic heterocycles. The van der Waals surface area contributed by atoms with Crippen LogP contribution in [0.2, 0.25) is 0 Å². The molecule has 4 nitrogen and oxygen atoms in total. The average Bonchev–Trinajstić information content (AvgIpc) is 2.18. The van der Waals surface area contributed by atoms with Gasteiger partial charge >= 0.3 is 0 Å². The van der Waals surface area contributed by atoms with Crippen molar-refractivity contribution in [2.45, 2.75) is 19.8 Å². The number of nitrogens with one attached hydrogen (secondary N) is 1.